The van der Waals surface area contributed by atoms with Gasteiger partial charge in [-0.05, 0) is 17.0 Å². The highest BCUT2D eigenvalue weighted by Gasteiger charge is 2.16. The molecule has 5 nitrogen and oxygen atoms in total. The van der Waals surface area contributed by atoms with Gasteiger partial charge in [0, 0.05) is 0 Å². The molecule has 0 fully saturated rings. The molecule has 0 bridgehead atoms. The van der Waals surface area contributed by atoms with Gasteiger partial charge in [0.2, 0.25) is 0 Å². The van der Waals surface area contributed by atoms with Crippen molar-refractivity contribution in [3.8, 4) is 0 Å². The van der Waals surface area contributed by atoms with Gasteiger partial charge in [-0.2, -0.15) is 0 Å². The van der Waals surface area contributed by atoms with Gasteiger partial charge in [0.25, 0.3) is 0 Å². The summed E-state index contributed by atoms with van der Waals surface area (Å²) in [5, 5.41) is 0. The molecule has 0 amide bonds. The maximum Gasteiger partial charge on any atom is 0.0522 e. The third-order valence-electron chi connectivity index (χ3n) is 1.89. The van der Waals surface area contributed by atoms with Gasteiger partial charge in [-0.15, -0.1) is 0 Å². The average Bonchev–Trinajstić information content (AvgIpc) is 2.19. The number of benzene rings is 1. The van der Waals surface area contributed by atoms with Gasteiger partial charge in [-0.25, -0.2) is 0 Å². The number of nitrogens with two attached hydrogens (primary N) is 3. The smallest absolute Gasteiger partial charge is 0.0522 e. The number of hydrogen-bond acceptors (Lipinski definition) is 4. The fourth-order valence-corrected chi connectivity index (χ4v) is 1.26. The van der Waals surface area contributed by atoms with Crippen LogP contribution in [0, 0.1) is 0 Å². The van der Waals surface area contributed by atoms with E-state index in [1.807, 2.05) is 18.2 Å². The second-order valence-electron chi connectivity index (χ2n) is 3.94. The molecule has 15 heavy (non-hydrogen) atoms. The molecule has 0 saturated heterocycles. The first-order chi connectivity index (χ1) is 6.55. The highest BCUT2D eigenvalue weighted by atomic mass is 16.0. The van der Waals surface area contributed by atoms with Gasteiger partial charge >= 0.3 is 0 Å². The Kier molecular flexibility index (Phi) is 7.81. The predicted molar refractivity (Wildman–Crippen MR) is 64.9 cm³/mol. The van der Waals surface area contributed by atoms with Crippen molar-refractivity contribution in [1.29, 1.82) is 0 Å². The Morgan fingerprint density at radius 3 is 1.87 bits per heavy atom. The van der Waals surface area contributed by atoms with Gasteiger partial charge < -0.3 is 10.9 Å². The van der Waals surface area contributed by atoms with Crippen LogP contribution in [0.4, 0.5) is 5.69 Å². The SMILES string of the molecule is CC(C)(C)c1ccccc1NN.NN.O. The predicted octanol–water partition coefficient (Wildman–Crippen LogP) is 0.264. The minimum absolute atomic E-state index is 0. The number of para-hydroxylation sites is 1. The van der Waals surface area contributed by atoms with Gasteiger partial charge in [0.1, 0.15) is 0 Å². The third kappa shape index (κ3) is 4.75. The van der Waals surface area contributed by atoms with Crippen molar-refractivity contribution in [1.82, 2.24) is 0 Å². The fourth-order valence-electron chi connectivity index (χ4n) is 1.26. The van der Waals surface area contributed by atoms with Crippen LogP contribution >= 0.6 is 0 Å². The van der Waals surface area contributed by atoms with Crippen molar-refractivity contribution in [3.05, 3.63) is 29.8 Å². The summed E-state index contributed by atoms with van der Waals surface area (Å²) in [4.78, 5) is 0. The highest BCUT2D eigenvalue weighted by molar-refractivity contribution is 5.52. The molecule has 0 atom stereocenters. The van der Waals surface area contributed by atoms with Crippen molar-refractivity contribution in [2.24, 2.45) is 17.5 Å². The van der Waals surface area contributed by atoms with E-state index in [0.717, 1.165) is 5.69 Å². The number of nitrogen functional groups attached to an aromatic ring is 1. The third-order valence-corrected chi connectivity index (χ3v) is 1.89. The summed E-state index contributed by atoms with van der Waals surface area (Å²) in [7, 11) is 0. The van der Waals surface area contributed by atoms with E-state index in [9.17, 15) is 0 Å². The number of nitrogens with one attached hydrogen (secondary N) is 1. The molecule has 1 aromatic rings. The van der Waals surface area contributed by atoms with Crippen LogP contribution in [-0.4, -0.2) is 5.48 Å². The molecular formula is C10H22N4O. The first-order valence-electron chi connectivity index (χ1n) is 4.45. The standard InChI is InChI=1S/C10H16N2.H4N2.H2O/c1-10(2,3)8-6-4-5-7-9(8)12-11;1-2;/h4-7,12H,11H2,1-3H3;1-2H2;1H2. The second kappa shape index (κ2) is 7.19. The fraction of sp³-hybridized carbons (Fsp3) is 0.400. The van der Waals surface area contributed by atoms with Crippen molar-refractivity contribution in [2.75, 3.05) is 5.43 Å². The molecule has 0 radical (unpaired) electrons. The summed E-state index contributed by atoms with van der Waals surface area (Å²) in [6, 6.07) is 8.08. The molecule has 0 aliphatic carbocycles. The molecule has 1 rings (SSSR count). The van der Waals surface area contributed by atoms with Crippen LogP contribution in [0.1, 0.15) is 26.3 Å². The van der Waals surface area contributed by atoms with Crippen LogP contribution in [0.25, 0.3) is 0 Å². The lowest BCUT2D eigenvalue weighted by Gasteiger charge is -2.22. The number of hydrogen-bond donors (Lipinski definition) is 4. The largest absolute Gasteiger partial charge is 0.412 e. The van der Waals surface area contributed by atoms with E-state index >= 15 is 0 Å². The van der Waals surface area contributed by atoms with E-state index in [1.54, 1.807) is 0 Å². The molecule has 9 N–H and O–H groups in total. The minimum atomic E-state index is 0. The molecule has 0 aromatic heterocycles. The molecule has 5 heteroatoms. The number of anilines is 1. The Hall–Kier alpha value is -1.14. The maximum absolute atomic E-state index is 5.40. The molecular weight excluding hydrogens is 192 g/mol. The van der Waals surface area contributed by atoms with E-state index in [0.29, 0.717) is 0 Å². The van der Waals surface area contributed by atoms with Gasteiger partial charge in [0.15, 0.2) is 0 Å². The Morgan fingerprint density at radius 1 is 1.07 bits per heavy atom. The highest BCUT2D eigenvalue weighted by Crippen LogP contribution is 2.28. The van der Waals surface area contributed by atoms with E-state index in [4.69, 9.17) is 5.84 Å². The maximum atomic E-state index is 5.40. The lowest BCUT2D eigenvalue weighted by molar-refractivity contribution is 0.592. The zero-order valence-corrected chi connectivity index (χ0v) is 9.54. The Labute approximate surface area is 90.9 Å². The molecule has 0 aliphatic heterocycles. The van der Waals surface area contributed by atoms with Crippen molar-refractivity contribution in [2.45, 2.75) is 26.2 Å². The van der Waals surface area contributed by atoms with Crippen molar-refractivity contribution in [3.63, 3.8) is 0 Å². The van der Waals surface area contributed by atoms with Crippen LogP contribution in [0.15, 0.2) is 24.3 Å². The first-order valence-corrected chi connectivity index (χ1v) is 4.45. The summed E-state index contributed by atoms with van der Waals surface area (Å²) < 4.78 is 0. The van der Waals surface area contributed by atoms with Gasteiger partial charge in [-0.1, -0.05) is 39.0 Å². The molecule has 0 heterocycles. The van der Waals surface area contributed by atoms with Crippen LogP contribution in [0.5, 0.6) is 0 Å². The van der Waals surface area contributed by atoms with Crippen LogP contribution in [-0.2, 0) is 5.41 Å². The summed E-state index contributed by atoms with van der Waals surface area (Å²) in [6.07, 6.45) is 0. The normalized spacial score (nSPS) is 9.47. The van der Waals surface area contributed by atoms with E-state index in [-0.39, 0.29) is 10.9 Å². The first kappa shape index (κ1) is 16.3. The lowest BCUT2D eigenvalue weighted by atomic mass is 9.86. The van der Waals surface area contributed by atoms with Crippen molar-refractivity contribution >= 4 is 5.69 Å². The van der Waals surface area contributed by atoms with Crippen LogP contribution in [0.2, 0.25) is 0 Å². The quantitative estimate of drug-likeness (QED) is 0.395. The summed E-state index contributed by atoms with van der Waals surface area (Å²) in [5.41, 5.74) is 5.09. The van der Waals surface area contributed by atoms with E-state index in [2.05, 4.69) is 43.9 Å². The van der Waals surface area contributed by atoms with E-state index in [1.165, 1.54) is 5.56 Å². The Morgan fingerprint density at radius 2 is 1.53 bits per heavy atom. The number of hydrazine groups is 2. The molecule has 0 saturated carbocycles. The van der Waals surface area contributed by atoms with Gasteiger partial charge in [0.05, 0.1) is 5.69 Å². The molecule has 1 aromatic carbocycles. The van der Waals surface area contributed by atoms with Gasteiger partial charge in [-0.3, -0.25) is 17.5 Å². The number of rotatable bonds is 1. The van der Waals surface area contributed by atoms with E-state index < -0.39 is 0 Å². The minimum Gasteiger partial charge on any atom is -0.412 e. The summed E-state index contributed by atoms with van der Waals surface area (Å²) in [6.45, 7) is 6.51. The Balaban J connectivity index is 0. The van der Waals surface area contributed by atoms with Crippen LogP contribution in [0.3, 0.4) is 0 Å². The molecule has 0 unspecified atom stereocenters. The topological polar surface area (TPSA) is 122 Å². The second-order valence-corrected chi connectivity index (χ2v) is 3.94. The summed E-state index contributed by atoms with van der Waals surface area (Å²) in [5.74, 6) is 13.4. The zero-order chi connectivity index (χ0) is 11.2. The molecule has 0 aliphatic rings. The zero-order valence-electron chi connectivity index (χ0n) is 9.54. The average molecular weight is 214 g/mol. The lowest BCUT2D eigenvalue weighted by Crippen LogP contribution is -2.17. The van der Waals surface area contributed by atoms with Crippen molar-refractivity contribution < 1.29 is 5.48 Å². The summed E-state index contributed by atoms with van der Waals surface area (Å²) >= 11 is 0. The monoisotopic (exact) mass is 214 g/mol. The van der Waals surface area contributed by atoms with Crippen LogP contribution < -0.4 is 23.0 Å². The molecule has 88 valence electrons. The molecule has 0 spiro atoms. The Bertz CT molecular complexity index is 270.